The van der Waals surface area contributed by atoms with E-state index in [1.807, 2.05) is 12.1 Å². The molecule has 2 aromatic rings. The van der Waals surface area contributed by atoms with Gasteiger partial charge in [-0.15, -0.1) is 0 Å². The summed E-state index contributed by atoms with van der Waals surface area (Å²) in [6.07, 6.45) is 0. The molecule has 0 spiro atoms. The number of hydrogen-bond donors (Lipinski definition) is 3. The number of fused-ring (bicyclic) bond motifs is 1. The summed E-state index contributed by atoms with van der Waals surface area (Å²) in [6, 6.07) is 10.9. The van der Waals surface area contributed by atoms with Crippen molar-refractivity contribution in [1.82, 2.24) is 15.6 Å². The van der Waals surface area contributed by atoms with Crippen LogP contribution in [-0.2, 0) is 11.3 Å². The van der Waals surface area contributed by atoms with Gasteiger partial charge in [0, 0.05) is 25.6 Å². The number of aromatic nitrogens is 1. The molecule has 1 aliphatic heterocycles. The van der Waals surface area contributed by atoms with Crippen molar-refractivity contribution in [2.45, 2.75) is 12.5 Å². The van der Waals surface area contributed by atoms with Crippen molar-refractivity contribution in [3.05, 3.63) is 53.2 Å². The second-order valence-electron chi connectivity index (χ2n) is 6.11. The number of urea groups is 1. The van der Waals surface area contributed by atoms with Gasteiger partial charge in [0.2, 0.25) is 5.88 Å². The van der Waals surface area contributed by atoms with Gasteiger partial charge in [-0.2, -0.15) is 0 Å². The molecule has 2 heterocycles. The number of esters is 1. The van der Waals surface area contributed by atoms with Gasteiger partial charge in [0.1, 0.15) is 5.69 Å². The number of ether oxygens (including phenoxy) is 2. The van der Waals surface area contributed by atoms with Crippen molar-refractivity contribution in [1.29, 1.82) is 0 Å². The quantitative estimate of drug-likeness (QED) is 0.695. The maximum absolute atomic E-state index is 12.3. The number of carbonyl (C=O) groups excluding carboxylic acids is 2. The Morgan fingerprint density at radius 2 is 2.04 bits per heavy atom. The smallest absolute Gasteiger partial charge is 0.356 e. The van der Waals surface area contributed by atoms with E-state index in [1.165, 1.54) is 31.4 Å². The molecule has 1 aliphatic rings. The first-order valence-corrected chi connectivity index (χ1v) is 8.59. The van der Waals surface area contributed by atoms with Crippen molar-refractivity contribution < 1.29 is 19.1 Å². The number of methoxy groups -OCH3 is 2. The van der Waals surface area contributed by atoms with E-state index < -0.39 is 5.97 Å². The Morgan fingerprint density at radius 3 is 2.81 bits per heavy atom. The fourth-order valence-corrected chi connectivity index (χ4v) is 3.06. The molecule has 0 saturated heterocycles. The van der Waals surface area contributed by atoms with E-state index in [9.17, 15) is 9.59 Å². The second-order valence-corrected chi connectivity index (χ2v) is 6.11. The van der Waals surface area contributed by atoms with Crippen molar-refractivity contribution >= 4 is 17.7 Å². The molecule has 1 unspecified atom stereocenters. The minimum absolute atomic E-state index is 0.102. The standard InChI is InChI=1S/C19H22N4O4/c1-26-17-15(7-8-16(22-17)18(24)27-2)23-19(25)21-11-13-10-20-9-12-5-3-4-6-14(12)13/h3-8,13,20H,9-11H2,1-2H3,(H2,21,23,25). The van der Waals surface area contributed by atoms with E-state index in [0.717, 1.165) is 13.1 Å². The molecule has 0 fully saturated rings. The van der Waals surface area contributed by atoms with Gasteiger partial charge < -0.3 is 25.4 Å². The van der Waals surface area contributed by atoms with Gasteiger partial charge in [0.25, 0.3) is 0 Å². The molecule has 0 saturated carbocycles. The Bertz CT molecular complexity index is 840. The number of nitrogens with one attached hydrogen (secondary N) is 3. The van der Waals surface area contributed by atoms with E-state index in [0.29, 0.717) is 12.2 Å². The van der Waals surface area contributed by atoms with E-state index in [2.05, 4.69) is 37.8 Å². The van der Waals surface area contributed by atoms with Crippen LogP contribution in [0.15, 0.2) is 36.4 Å². The maximum atomic E-state index is 12.3. The van der Waals surface area contributed by atoms with Crippen LogP contribution in [0.4, 0.5) is 10.5 Å². The van der Waals surface area contributed by atoms with E-state index in [1.54, 1.807) is 6.07 Å². The summed E-state index contributed by atoms with van der Waals surface area (Å²) in [7, 11) is 2.69. The number of anilines is 1. The van der Waals surface area contributed by atoms with Crippen molar-refractivity contribution in [3.63, 3.8) is 0 Å². The van der Waals surface area contributed by atoms with Crippen LogP contribution < -0.4 is 20.7 Å². The molecule has 27 heavy (non-hydrogen) atoms. The highest BCUT2D eigenvalue weighted by molar-refractivity contribution is 5.92. The van der Waals surface area contributed by atoms with Gasteiger partial charge in [-0.3, -0.25) is 0 Å². The van der Waals surface area contributed by atoms with Gasteiger partial charge in [-0.1, -0.05) is 24.3 Å². The highest BCUT2D eigenvalue weighted by Crippen LogP contribution is 2.24. The maximum Gasteiger partial charge on any atom is 0.356 e. The summed E-state index contributed by atoms with van der Waals surface area (Å²) in [5.74, 6) is -0.243. The molecule has 0 aliphatic carbocycles. The zero-order valence-electron chi connectivity index (χ0n) is 15.2. The van der Waals surface area contributed by atoms with E-state index in [-0.39, 0.29) is 23.5 Å². The molecule has 8 heteroatoms. The van der Waals surface area contributed by atoms with Crippen molar-refractivity contribution in [2.75, 3.05) is 32.6 Å². The van der Waals surface area contributed by atoms with Crippen LogP contribution in [0.5, 0.6) is 5.88 Å². The van der Waals surface area contributed by atoms with Crippen molar-refractivity contribution in [2.24, 2.45) is 0 Å². The van der Waals surface area contributed by atoms with Crippen LogP contribution in [0.2, 0.25) is 0 Å². The molecule has 2 amide bonds. The molecule has 3 rings (SSSR count). The van der Waals surface area contributed by atoms with Crippen LogP contribution in [0.25, 0.3) is 0 Å². The lowest BCUT2D eigenvalue weighted by molar-refractivity contribution is 0.0593. The summed E-state index contributed by atoms with van der Waals surface area (Å²) >= 11 is 0. The Morgan fingerprint density at radius 1 is 1.22 bits per heavy atom. The first kappa shape index (κ1) is 18.7. The Labute approximate surface area is 157 Å². The Balaban J connectivity index is 1.62. The number of carbonyl (C=O) groups is 2. The number of amides is 2. The van der Waals surface area contributed by atoms with E-state index >= 15 is 0 Å². The van der Waals surface area contributed by atoms with Gasteiger partial charge in [-0.25, -0.2) is 14.6 Å². The first-order valence-electron chi connectivity index (χ1n) is 8.59. The predicted molar refractivity (Wildman–Crippen MR) is 100 cm³/mol. The molecule has 3 N–H and O–H groups in total. The summed E-state index contributed by atoms with van der Waals surface area (Å²) in [5.41, 5.74) is 2.97. The first-order chi connectivity index (χ1) is 13.1. The fraction of sp³-hybridized carbons (Fsp3) is 0.316. The number of hydrogen-bond acceptors (Lipinski definition) is 6. The van der Waals surface area contributed by atoms with Crippen LogP contribution in [0.3, 0.4) is 0 Å². The third kappa shape index (κ3) is 4.35. The van der Waals surface area contributed by atoms with Gasteiger partial charge in [0.15, 0.2) is 5.69 Å². The van der Waals surface area contributed by atoms with Gasteiger partial charge in [0.05, 0.1) is 14.2 Å². The summed E-state index contributed by atoms with van der Waals surface area (Å²) < 4.78 is 9.78. The largest absolute Gasteiger partial charge is 0.479 e. The van der Waals surface area contributed by atoms with Crippen LogP contribution in [0.1, 0.15) is 27.5 Å². The van der Waals surface area contributed by atoms with Gasteiger partial charge in [-0.05, 0) is 23.3 Å². The monoisotopic (exact) mass is 370 g/mol. The lowest BCUT2D eigenvalue weighted by atomic mass is 9.91. The predicted octanol–water partition coefficient (Wildman–Crippen LogP) is 1.89. The number of nitrogens with zero attached hydrogens (tertiary/aromatic N) is 1. The minimum atomic E-state index is -0.576. The lowest BCUT2D eigenvalue weighted by Gasteiger charge is -2.26. The number of rotatable bonds is 5. The molecule has 1 aromatic heterocycles. The minimum Gasteiger partial charge on any atom is -0.479 e. The molecule has 8 nitrogen and oxygen atoms in total. The highest BCUT2D eigenvalue weighted by Gasteiger charge is 2.20. The normalized spacial score (nSPS) is 15.4. The molecular formula is C19H22N4O4. The topological polar surface area (TPSA) is 102 Å². The second kappa shape index (κ2) is 8.50. The van der Waals surface area contributed by atoms with E-state index in [4.69, 9.17) is 4.74 Å². The van der Waals surface area contributed by atoms with Crippen LogP contribution in [-0.4, -0.2) is 44.3 Å². The molecule has 142 valence electrons. The Hall–Kier alpha value is -3.13. The summed E-state index contributed by atoms with van der Waals surface area (Å²) in [6.45, 7) is 2.14. The highest BCUT2D eigenvalue weighted by atomic mass is 16.5. The number of pyridine rings is 1. The number of benzene rings is 1. The SMILES string of the molecule is COC(=O)c1ccc(NC(=O)NCC2CNCc3ccccc32)c(OC)n1. The molecule has 1 atom stereocenters. The molecule has 0 radical (unpaired) electrons. The van der Waals surface area contributed by atoms with Crippen LogP contribution in [0, 0.1) is 0 Å². The third-order valence-corrected chi connectivity index (χ3v) is 4.41. The summed E-state index contributed by atoms with van der Waals surface area (Å²) in [5, 5.41) is 8.94. The lowest BCUT2D eigenvalue weighted by Crippen LogP contribution is -2.38. The molecular weight excluding hydrogens is 348 g/mol. The average molecular weight is 370 g/mol. The van der Waals surface area contributed by atoms with Crippen molar-refractivity contribution in [3.8, 4) is 5.88 Å². The third-order valence-electron chi connectivity index (χ3n) is 4.41. The zero-order valence-corrected chi connectivity index (χ0v) is 15.2. The van der Waals surface area contributed by atoms with Gasteiger partial charge >= 0.3 is 12.0 Å². The average Bonchev–Trinajstić information content (AvgIpc) is 2.71. The Kier molecular flexibility index (Phi) is 5.87. The summed E-state index contributed by atoms with van der Waals surface area (Å²) in [4.78, 5) is 27.9. The fourth-order valence-electron chi connectivity index (χ4n) is 3.06. The molecule has 0 bridgehead atoms. The van der Waals surface area contributed by atoms with Crippen LogP contribution >= 0.6 is 0 Å². The zero-order chi connectivity index (χ0) is 19.2. The molecule has 1 aromatic carbocycles.